The summed E-state index contributed by atoms with van der Waals surface area (Å²) in [5, 5.41) is 4.37. The molecule has 132 valence electrons. The fourth-order valence-corrected chi connectivity index (χ4v) is 2.88. The largest absolute Gasteiger partial charge is 0.350 e. The Labute approximate surface area is 148 Å². The van der Waals surface area contributed by atoms with Crippen LogP contribution in [0.1, 0.15) is 31.9 Å². The molecule has 3 rings (SSSR count). The molecule has 0 spiro atoms. The quantitative estimate of drug-likeness (QED) is 0.718. The summed E-state index contributed by atoms with van der Waals surface area (Å²) < 4.78 is 3.11. The molecule has 0 aliphatic heterocycles. The third-order valence-electron chi connectivity index (χ3n) is 4.45. The van der Waals surface area contributed by atoms with Crippen molar-refractivity contribution in [2.24, 2.45) is 0 Å². The molecule has 0 aliphatic rings. The van der Waals surface area contributed by atoms with Crippen LogP contribution in [0.4, 0.5) is 0 Å². The van der Waals surface area contributed by atoms with Gasteiger partial charge in [-0.15, -0.1) is 5.10 Å². The van der Waals surface area contributed by atoms with Crippen molar-refractivity contribution in [1.29, 1.82) is 0 Å². The summed E-state index contributed by atoms with van der Waals surface area (Å²) in [4.78, 5) is 14.5. The van der Waals surface area contributed by atoms with Gasteiger partial charge in [0, 0.05) is 19.3 Å². The summed E-state index contributed by atoms with van der Waals surface area (Å²) in [6.45, 7) is 8.87. The van der Waals surface area contributed by atoms with Crippen molar-refractivity contribution in [2.75, 3.05) is 13.6 Å². The summed E-state index contributed by atoms with van der Waals surface area (Å²) in [5.41, 5.74) is 3.40. The first-order chi connectivity index (χ1) is 11.8. The van der Waals surface area contributed by atoms with Crippen LogP contribution in [0.5, 0.6) is 0 Å². The average Bonchev–Trinajstić information content (AvgIpc) is 2.89. The van der Waals surface area contributed by atoms with Crippen molar-refractivity contribution in [1.82, 2.24) is 19.1 Å². The molecule has 0 bridgehead atoms. The molecule has 5 heteroatoms. The second-order valence-electron chi connectivity index (χ2n) is 7.62. The third-order valence-corrected chi connectivity index (χ3v) is 4.45. The van der Waals surface area contributed by atoms with Gasteiger partial charge in [0.15, 0.2) is 5.65 Å². The summed E-state index contributed by atoms with van der Waals surface area (Å²) in [6.07, 6.45) is 1.75. The Bertz CT molecular complexity index is 900. The number of likely N-dealkylation sites (N-methyl/N-ethyl adjacent to an activating group) is 1. The van der Waals surface area contributed by atoms with E-state index in [1.165, 1.54) is 15.8 Å². The standard InChI is InChI=1S/C20H26N4O/c1-20(2,3)17-10-8-16(9-11-17)15-22(4)13-14-24-19(25)23-12-6-5-7-18(23)21-24/h5-12H,13-15H2,1-4H3. The topological polar surface area (TPSA) is 42.5 Å². The Morgan fingerprint density at radius 1 is 1.08 bits per heavy atom. The molecule has 25 heavy (non-hydrogen) atoms. The Morgan fingerprint density at radius 3 is 2.44 bits per heavy atom. The number of aromatic nitrogens is 3. The molecule has 0 fully saturated rings. The van der Waals surface area contributed by atoms with Gasteiger partial charge >= 0.3 is 5.69 Å². The number of rotatable bonds is 5. The summed E-state index contributed by atoms with van der Waals surface area (Å²) in [7, 11) is 2.07. The van der Waals surface area contributed by atoms with E-state index >= 15 is 0 Å². The van der Waals surface area contributed by atoms with E-state index in [4.69, 9.17) is 0 Å². The maximum absolute atomic E-state index is 12.3. The van der Waals surface area contributed by atoms with E-state index in [-0.39, 0.29) is 11.1 Å². The number of nitrogens with zero attached hydrogens (tertiary/aromatic N) is 4. The van der Waals surface area contributed by atoms with Gasteiger partial charge in [-0.3, -0.25) is 4.40 Å². The van der Waals surface area contributed by atoms with Crippen LogP contribution >= 0.6 is 0 Å². The molecule has 0 saturated heterocycles. The Morgan fingerprint density at radius 2 is 1.80 bits per heavy atom. The van der Waals surface area contributed by atoms with Gasteiger partial charge in [0.25, 0.3) is 0 Å². The minimum Gasteiger partial charge on any atom is -0.300 e. The predicted molar refractivity (Wildman–Crippen MR) is 101 cm³/mol. The van der Waals surface area contributed by atoms with Gasteiger partial charge in [0.05, 0.1) is 6.54 Å². The summed E-state index contributed by atoms with van der Waals surface area (Å²) in [6, 6.07) is 14.4. The molecule has 0 saturated carbocycles. The minimum atomic E-state index is -0.0847. The van der Waals surface area contributed by atoms with Crippen LogP contribution in [0.25, 0.3) is 5.65 Å². The van der Waals surface area contributed by atoms with Crippen molar-refractivity contribution < 1.29 is 0 Å². The lowest BCUT2D eigenvalue weighted by Crippen LogP contribution is -2.28. The normalized spacial score (nSPS) is 12.2. The number of fused-ring (bicyclic) bond motifs is 1. The summed E-state index contributed by atoms with van der Waals surface area (Å²) >= 11 is 0. The van der Waals surface area contributed by atoms with Crippen LogP contribution in [-0.4, -0.2) is 32.7 Å². The van der Waals surface area contributed by atoms with Gasteiger partial charge < -0.3 is 4.90 Å². The molecular formula is C20H26N4O. The molecule has 2 aromatic heterocycles. The average molecular weight is 338 g/mol. The highest BCUT2D eigenvalue weighted by atomic mass is 16.2. The van der Waals surface area contributed by atoms with Crippen LogP contribution in [0.15, 0.2) is 53.5 Å². The van der Waals surface area contributed by atoms with Crippen molar-refractivity contribution >= 4 is 5.65 Å². The number of hydrogen-bond donors (Lipinski definition) is 0. The number of hydrogen-bond acceptors (Lipinski definition) is 3. The van der Waals surface area contributed by atoms with E-state index < -0.39 is 0 Å². The van der Waals surface area contributed by atoms with E-state index in [1.807, 2.05) is 18.2 Å². The van der Waals surface area contributed by atoms with Gasteiger partial charge in [0.1, 0.15) is 0 Å². The molecule has 0 N–H and O–H groups in total. The Hall–Kier alpha value is -2.40. The van der Waals surface area contributed by atoms with Crippen molar-refractivity contribution in [2.45, 2.75) is 39.3 Å². The molecule has 3 aromatic rings. The lowest BCUT2D eigenvalue weighted by Gasteiger charge is -2.20. The molecule has 5 nitrogen and oxygen atoms in total. The van der Waals surface area contributed by atoms with Crippen LogP contribution in [-0.2, 0) is 18.5 Å². The molecule has 0 atom stereocenters. The monoisotopic (exact) mass is 338 g/mol. The fourth-order valence-electron chi connectivity index (χ4n) is 2.88. The first-order valence-corrected chi connectivity index (χ1v) is 8.67. The molecule has 1 aromatic carbocycles. The van der Waals surface area contributed by atoms with Crippen LogP contribution in [0.3, 0.4) is 0 Å². The zero-order chi connectivity index (χ0) is 18.0. The Balaban J connectivity index is 1.61. The lowest BCUT2D eigenvalue weighted by atomic mass is 9.87. The molecule has 0 unspecified atom stereocenters. The first kappa shape index (κ1) is 17.4. The number of pyridine rings is 1. The van der Waals surface area contributed by atoms with Gasteiger partial charge in [-0.05, 0) is 35.7 Å². The minimum absolute atomic E-state index is 0.0847. The second kappa shape index (κ2) is 6.84. The second-order valence-corrected chi connectivity index (χ2v) is 7.62. The van der Waals surface area contributed by atoms with Crippen LogP contribution in [0.2, 0.25) is 0 Å². The van der Waals surface area contributed by atoms with E-state index in [9.17, 15) is 4.79 Å². The number of benzene rings is 1. The van der Waals surface area contributed by atoms with Crippen LogP contribution < -0.4 is 5.69 Å². The molecule has 2 heterocycles. The van der Waals surface area contributed by atoms with Gasteiger partial charge in [0.2, 0.25) is 0 Å². The lowest BCUT2D eigenvalue weighted by molar-refractivity contribution is 0.303. The highest BCUT2D eigenvalue weighted by Gasteiger charge is 2.13. The molecule has 0 amide bonds. The van der Waals surface area contributed by atoms with E-state index in [0.29, 0.717) is 12.2 Å². The fraction of sp³-hybridized carbons (Fsp3) is 0.400. The molecule has 0 aliphatic carbocycles. The maximum Gasteiger partial charge on any atom is 0.350 e. The molecule has 0 radical (unpaired) electrons. The van der Waals surface area contributed by atoms with Crippen LogP contribution in [0, 0.1) is 0 Å². The van der Waals surface area contributed by atoms with Gasteiger partial charge in [-0.2, -0.15) is 0 Å². The smallest absolute Gasteiger partial charge is 0.300 e. The predicted octanol–water partition coefficient (Wildman–Crippen LogP) is 2.93. The zero-order valence-corrected chi connectivity index (χ0v) is 15.4. The first-order valence-electron chi connectivity index (χ1n) is 8.67. The Kier molecular flexibility index (Phi) is 4.77. The van der Waals surface area contributed by atoms with Gasteiger partial charge in [-0.25, -0.2) is 9.48 Å². The third kappa shape index (κ3) is 3.99. The van der Waals surface area contributed by atoms with E-state index in [1.54, 1.807) is 10.6 Å². The molecular weight excluding hydrogens is 312 g/mol. The zero-order valence-electron chi connectivity index (χ0n) is 15.4. The highest BCUT2D eigenvalue weighted by molar-refractivity contribution is 5.35. The summed E-state index contributed by atoms with van der Waals surface area (Å²) in [5.74, 6) is 0. The van der Waals surface area contributed by atoms with Crippen molar-refractivity contribution in [3.8, 4) is 0 Å². The SMILES string of the molecule is CN(CCn1nc2ccccn2c1=O)Cc1ccc(C(C)(C)C)cc1. The van der Waals surface area contributed by atoms with Crippen molar-refractivity contribution in [3.63, 3.8) is 0 Å². The highest BCUT2D eigenvalue weighted by Crippen LogP contribution is 2.22. The van der Waals surface area contributed by atoms with Gasteiger partial charge in [-0.1, -0.05) is 51.1 Å². The van der Waals surface area contributed by atoms with E-state index in [2.05, 4.69) is 62.1 Å². The van der Waals surface area contributed by atoms with Crippen molar-refractivity contribution in [3.05, 3.63) is 70.3 Å². The van der Waals surface area contributed by atoms with E-state index in [0.717, 1.165) is 13.1 Å². The maximum atomic E-state index is 12.3.